The first-order valence-electron chi connectivity index (χ1n) is 8.73. The Morgan fingerprint density at radius 2 is 1.67 bits per heavy atom. The molecule has 0 bridgehead atoms. The minimum atomic E-state index is -0.437. The average molecular weight is 403 g/mol. The minimum absolute atomic E-state index is 0.0290. The van der Waals surface area contributed by atoms with Gasteiger partial charge in [0.1, 0.15) is 17.4 Å². The molecule has 0 radical (unpaired) electrons. The van der Waals surface area contributed by atoms with Crippen LogP contribution in [0.3, 0.4) is 0 Å². The zero-order valence-electron chi connectivity index (χ0n) is 14.4. The maximum absolute atomic E-state index is 13.8. The van der Waals surface area contributed by atoms with Gasteiger partial charge in [-0.1, -0.05) is 29.3 Å². The molecule has 2 aromatic carbocycles. The first-order valence-corrected chi connectivity index (χ1v) is 9.49. The van der Waals surface area contributed by atoms with Crippen LogP contribution in [0.15, 0.2) is 48.5 Å². The first kappa shape index (κ1) is 18.1. The van der Waals surface area contributed by atoms with E-state index in [0.717, 1.165) is 37.3 Å². The Morgan fingerprint density at radius 3 is 2.37 bits per heavy atom. The highest BCUT2D eigenvalue weighted by Crippen LogP contribution is 2.39. The fourth-order valence-electron chi connectivity index (χ4n) is 3.39. The van der Waals surface area contributed by atoms with Gasteiger partial charge in [-0.15, -0.1) is 0 Å². The average Bonchev–Trinajstić information content (AvgIpc) is 3.18. The summed E-state index contributed by atoms with van der Waals surface area (Å²) in [7, 11) is 0. The number of rotatable bonds is 3. The summed E-state index contributed by atoms with van der Waals surface area (Å²) in [5.41, 5.74) is 2.28. The fourth-order valence-corrected chi connectivity index (χ4v) is 4.01. The number of pyridine rings is 1. The Kier molecular flexibility index (Phi) is 4.94. The van der Waals surface area contributed by atoms with Gasteiger partial charge in [0.2, 0.25) is 0 Å². The largest absolute Gasteiger partial charge is 0.507 e. The summed E-state index contributed by atoms with van der Waals surface area (Å²) < 4.78 is 13.8. The molecule has 0 unspecified atom stereocenters. The van der Waals surface area contributed by atoms with Crippen LogP contribution >= 0.6 is 23.2 Å². The minimum Gasteiger partial charge on any atom is -0.507 e. The molecule has 0 spiro atoms. The van der Waals surface area contributed by atoms with Crippen molar-refractivity contribution >= 4 is 29.0 Å². The third-order valence-corrected chi connectivity index (χ3v) is 5.36. The standard InChI is InChI=1S/C21H17Cl2FN2O/c22-16-4-3-5-17(23)21(16)13-10-18(15-12-14(24)6-7-19(15)27)25-20(11-13)26-8-1-2-9-26/h3-7,10-12,27H,1-2,8-9H2. The van der Waals surface area contributed by atoms with Gasteiger partial charge in [-0.05, 0) is 60.9 Å². The molecular formula is C21H17Cl2FN2O. The van der Waals surface area contributed by atoms with E-state index >= 15 is 0 Å². The summed E-state index contributed by atoms with van der Waals surface area (Å²) in [5.74, 6) is 0.298. The van der Waals surface area contributed by atoms with Gasteiger partial charge in [0.05, 0.1) is 5.69 Å². The van der Waals surface area contributed by atoms with Gasteiger partial charge in [0, 0.05) is 34.3 Å². The number of phenolic OH excluding ortho intramolecular Hbond substituents is 1. The van der Waals surface area contributed by atoms with Crippen LogP contribution in [0.25, 0.3) is 22.4 Å². The lowest BCUT2D eigenvalue weighted by Gasteiger charge is -2.20. The second-order valence-corrected chi connectivity index (χ2v) is 7.37. The molecular weight excluding hydrogens is 386 g/mol. The number of anilines is 1. The van der Waals surface area contributed by atoms with Crippen molar-refractivity contribution in [2.24, 2.45) is 0 Å². The van der Waals surface area contributed by atoms with Crippen LogP contribution in [0.4, 0.5) is 10.2 Å². The lowest BCUT2D eigenvalue weighted by atomic mass is 10.0. The molecule has 4 rings (SSSR count). The van der Waals surface area contributed by atoms with Crippen LogP contribution in [-0.4, -0.2) is 23.2 Å². The molecule has 1 aromatic heterocycles. The number of phenols is 1. The second kappa shape index (κ2) is 7.37. The molecule has 0 atom stereocenters. The van der Waals surface area contributed by atoms with Crippen LogP contribution in [0.5, 0.6) is 5.75 Å². The van der Waals surface area contributed by atoms with Gasteiger partial charge < -0.3 is 10.0 Å². The van der Waals surface area contributed by atoms with Crippen LogP contribution < -0.4 is 4.90 Å². The van der Waals surface area contributed by atoms with Crippen molar-refractivity contribution in [3.63, 3.8) is 0 Å². The molecule has 1 saturated heterocycles. The molecule has 1 N–H and O–H groups in total. The van der Waals surface area contributed by atoms with Crippen LogP contribution in [0.2, 0.25) is 10.0 Å². The van der Waals surface area contributed by atoms with Crippen molar-refractivity contribution in [3.8, 4) is 28.1 Å². The van der Waals surface area contributed by atoms with E-state index in [0.29, 0.717) is 26.9 Å². The maximum atomic E-state index is 13.8. The summed E-state index contributed by atoms with van der Waals surface area (Å²) in [6.07, 6.45) is 2.19. The lowest BCUT2D eigenvalue weighted by molar-refractivity contribution is 0.475. The maximum Gasteiger partial charge on any atom is 0.129 e. The summed E-state index contributed by atoms with van der Waals surface area (Å²) in [6, 6.07) is 12.9. The molecule has 1 aliphatic rings. The van der Waals surface area contributed by atoms with Crippen LogP contribution in [0.1, 0.15) is 12.8 Å². The van der Waals surface area contributed by atoms with Crippen molar-refractivity contribution in [1.82, 2.24) is 4.98 Å². The van der Waals surface area contributed by atoms with E-state index in [9.17, 15) is 9.50 Å². The summed E-state index contributed by atoms with van der Waals surface area (Å²) in [5, 5.41) is 11.3. The molecule has 0 aliphatic carbocycles. The number of nitrogens with zero attached hydrogens (tertiary/aromatic N) is 2. The first-order chi connectivity index (χ1) is 13.0. The molecule has 1 fully saturated rings. The molecule has 0 amide bonds. The van der Waals surface area contributed by atoms with Crippen molar-refractivity contribution in [2.75, 3.05) is 18.0 Å². The van der Waals surface area contributed by atoms with Crippen molar-refractivity contribution in [3.05, 3.63) is 64.4 Å². The number of aromatic hydroxyl groups is 1. The Hall–Kier alpha value is -2.30. The normalized spacial score (nSPS) is 14.0. The zero-order valence-corrected chi connectivity index (χ0v) is 15.9. The quantitative estimate of drug-likeness (QED) is 0.569. The molecule has 2 heterocycles. The highest BCUT2D eigenvalue weighted by atomic mass is 35.5. The highest BCUT2D eigenvalue weighted by molar-refractivity contribution is 6.39. The van der Waals surface area contributed by atoms with E-state index in [1.54, 1.807) is 24.3 Å². The third kappa shape index (κ3) is 3.60. The van der Waals surface area contributed by atoms with E-state index in [-0.39, 0.29) is 5.75 Å². The van der Waals surface area contributed by atoms with Crippen LogP contribution in [-0.2, 0) is 0 Å². The Labute approximate surface area is 167 Å². The number of benzene rings is 2. The second-order valence-electron chi connectivity index (χ2n) is 6.55. The van der Waals surface area contributed by atoms with Crippen molar-refractivity contribution < 1.29 is 9.50 Å². The van der Waals surface area contributed by atoms with Gasteiger partial charge in [0.15, 0.2) is 0 Å². The van der Waals surface area contributed by atoms with Crippen molar-refractivity contribution in [2.45, 2.75) is 12.8 Å². The monoisotopic (exact) mass is 402 g/mol. The van der Waals surface area contributed by atoms with Gasteiger partial charge in [0.25, 0.3) is 0 Å². The molecule has 1 aliphatic heterocycles. The van der Waals surface area contributed by atoms with Gasteiger partial charge in [-0.2, -0.15) is 0 Å². The summed E-state index contributed by atoms with van der Waals surface area (Å²) in [4.78, 5) is 6.86. The number of hydrogen-bond donors (Lipinski definition) is 1. The van der Waals surface area contributed by atoms with E-state index < -0.39 is 5.82 Å². The number of halogens is 3. The molecule has 0 saturated carbocycles. The SMILES string of the molecule is Oc1ccc(F)cc1-c1cc(-c2c(Cl)cccc2Cl)cc(N2CCCC2)n1. The topological polar surface area (TPSA) is 36.4 Å². The predicted molar refractivity (Wildman–Crippen MR) is 108 cm³/mol. The molecule has 3 nitrogen and oxygen atoms in total. The third-order valence-electron chi connectivity index (χ3n) is 4.73. The summed E-state index contributed by atoms with van der Waals surface area (Å²) in [6.45, 7) is 1.81. The van der Waals surface area contributed by atoms with Crippen LogP contribution in [0, 0.1) is 5.82 Å². The molecule has 3 aromatic rings. The Bertz CT molecular complexity index is 983. The van der Waals surface area contributed by atoms with E-state index in [1.807, 2.05) is 6.07 Å². The Balaban J connectivity index is 1.94. The van der Waals surface area contributed by atoms with Gasteiger partial charge in [-0.3, -0.25) is 0 Å². The molecule has 27 heavy (non-hydrogen) atoms. The zero-order chi connectivity index (χ0) is 19.0. The lowest BCUT2D eigenvalue weighted by Crippen LogP contribution is -2.19. The number of hydrogen-bond acceptors (Lipinski definition) is 3. The van der Waals surface area contributed by atoms with E-state index in [2.05, 4.69) is 9.88 Å². The van der Waals surface area contributed by atoms with Gasteiger partial charge in [-0.25, -0.2) is 9.37 Å². The van der Waals surface area contributed by atoms with Gasteiger partial charge >= 0.3 is 0 Å². The summed E-state index contributed by atoms with van der Waals surface area (Å²) >= 11 is 12.8. The van der Waals surface area contributed by atoms with Crippen molar-refractivity contribution in [1.29, 1.82) is 0 Å². The smallest absolute Gasteiger partial charge is 0.129 e. The highest BCUT2D eigenvalue weighted by Gasteiger charge is 2.19. The number of aromatic nitrogens is 1. The predicted octanol–water partition coefficient (Wildman–Crippen LogP) is 6.17. The fraction of sp³-hybridized carbons (Fsp3) is 0.190. The Morgan fingerprint density at radius 1 is 0.963 bits per heavy atom. The van der Waals surface area contributed by atoms with E-state index in [4.69, 9.17) is 23.2 Å². The van der Waals surface area contributed by atoms with E-state index in [1.165, 1.54) is 18.2 Å². The molecule has 6 heteroatoms. The molecule has 138 valence electrons.